The van der Waals surface area contributed by atoms with Crippen LogP contribution in [0.3, 0.4) is 0 Å². The second-order valence-electron chi connectivity index (χ2n) is 4.19. The standard InChI is InChI=1S/C14H14BrN3O/c1-9(13-4-2-3-7-17-13)18-14(19)10-5-6-12(16)11(15)8-10/h2-9H,16H2,1H3,(H,18,19)/t9-/m0/s1. The maximum atomic E-state index is 12.1. The zero-order chi connectivity index (χ0) is 13.8. The molecule has 0 saturated carbocycles. The maximum Gasteiger partial charge on any atom is 0.251 e. The van der Waals surface area contributed by atoms with E-state index in [1.807, 2.05) is 25.1 Å². The second kappa shape index (κ2) is 5.84. The van der Waals surface area contributed by atoms with E-state index in [9.17, 15) is 4.79 Å². The average molecular weight is 320 g/mol. The minimum Gasteiger partial charge on any atom is -0.398 e. The van der Waals surface area contributed by atoms with E-state index in [1.165, 1.54) is 0 Å². The third-order valence-corrected chi connectivity index (χ3v) is 3.43. The lowest BCUT2D eigenvalue weighted by Gasteiger charge is -2.13. The summed E-state index contributed by atoms with van der Waals surface area (Å²) < 4.78 is 0.714. The fourth-order valence-electron chi connectivity index (χ4n) is 1.65. The molecule has 1 heterocycles. The number of carbonyl (C=O) groups is 1. The van der Waals surface area contributed by atoms with E-state index < -0.39 is 0 Å². The molecule has 0 aliphatic rings. The van der Waals surface area contributed by atoms with Gasteiger partial charge in [0.2, 0.25) is 0 Å². The summed E-state index contributed by atoms with van der Waals surface area (Å²) >= 11 is 3.31. The lowest BCUT2D eigenvalue weighted by molar-refractivity contribution is 0.0939. The van der Waals surface area contributed by atoms with Crippen molar-refractivity contribution in [2.24, 2.45) is 0 Å². The van der Waals surface area contributed by atoms with E-state index in [2.05, 4.69) is 26.2 Å². The molecule has 0 aliphatic carbocycles. The molecule has 98 valence electrons. The van der Waals surface area contributed by atoms with Crippen molar-refractivity contribution in [3.63, 3.8) is 0 Å². The number of nitrogens with one attached hydrogen (secondary N) is 1. The van der Waals surface area contributed by atoms with Crippen molar-refractivity contribution >= 4 is 27.5 Å². The summed E-state index contributed by atoms with van der Waals surface area (Å²) in [6.07, 6.45) is 1.71. The van der Waals surface area contributed by atoms with Crippen molar-refractivity contribution in [3.05, 3.63) is 58.3 Å². The molecule has 0 saturated heterocycles. The summed E-state index contributed by atoms with van der Waals surface area (Å²) in [4.78, 5) is 16.3. The number of nitrogens with zero attached hydrogens (tertiary/aromatic N) is 1. The van der Waals surface area contributed by atoms with Gasteiger partial charge in [0.25, 0.3) is 5.91 Å². The number of rotatable bonds is 3. The van der Waals surface area contributed by atoms with E-state index in [-0.39, 0.29) is 11.9 Å². The Balaban J connectivity index is 2.11. The average Bonchev–Trinajstić information content (AvgIpc) is 2.42. The number of hydrogen-bond donors (Lipinski definition) is 2. The molecule has 0 aliphatic heterocycles. The Morgan fingerprint density at radius 2 is 2.16 bits per heavy atom. The van der Waals surface area contributed by atoms with Crippen LogP contribution in [-0.4, -0.2) is 10.9 Å². The van der Waals surface area contributed by atoms with Crippen LogP contribution in [0.2, 0.25) is 0 Å². The number of aromatic nitrogens is 1. The zero-order valence-electron chi connectivity index (χ0n) is 10.4. The highest BCUT2D eigenvalue weighted by Gasteiger charge is 2.12. The fourth-order valence-corrected chi connectivity index (χ4v) is 2.03. The third kappa shape index (κ3) is 3.32. The number of amides is 1. The Kier molecular flexibility index (Phi) is 4.16. The van der Waals surface area contributed by atoms with Gasteiger partial charge in [-0.1, -0.05) is 6.07 Å². The van der Waals surface area contributed by atoms with E-state index in [0.717, 1.165) is 5.69 Å². The molecule has 1 atom stereocenters. The monoisotopic (exact) mass is 319 g/mol. The van der Waals surface area contributed by atoms with Gasteiger partial charge in [0, 0.05) is 21.9 Å². The molecule has 2 aromatic rings. The first-order chi connectivity index (χ1) is 9.08. The first-order valence-corrected chi connectivity index (χ1v) is 6.64. The van der Waals surface area contributed by atoms with Gasteiger partial charge < -0.3 is 11.1 Å². The predicted molar refractivity (Wildman–Crippen MR) is 78.7 cm³/mol. The number of carbonyl (C=O) groups excluding carboxylic acids is 1. The minimum absolute atomic E-state index is 0.148. The van der Waals surface area contributed by atoms with E-state index >= 15 is 0 Å². The van der Waals surface area contributed by atoms with Gasteiger partial charge in [-0.15, -0.1) is 0 Å². The van der Waals surface area contributed by atoms with Gasteiger partial charge in [-0.05, 0) is 53.2 Å². The molecule has 1 aromatic carbocycles. The SMILES string of the molecule is C[C@H](NC(=O)c1ccc(N)c(Br)c1)c1ccccn1. The van der Waals surface area contributed by atoms with Gasteiger partial charge in [0.1, 0.15) is 0 Å². The predicted octanol–water partition coefficient (Wildman–Crippen LogP) is 2.92. The number of pyridine rings is 1. The number of nitrogen functional groups attached to an aromatic ring is 1. The van der Waals surface area contributed by atoms with Gasteiger partial charge in [-0.25, -0.2) is 0 Å². The van der Waals surface area contributed by atoms with Crippen molar-refractivity contribution in [2.75, 3.05) is 5.73 Å². The summed E-state index contributed by atoms with van der Waals surface area (Å²) in [7, 11) is 0. The van der Waals surface area contributed by atoms with Crippen LogP contribution in [0, 0.1) is 0 Å². The van der Waals surface area contributed by atoms with Gasteiger partial charge in [0.15, 0.2) is 0 Å². The summed E-state index contributed by atoms with van der Waals surface area (Å²) in [6.45, 7) is 1.90. The first kappa shape index (κ1) is 13.5. The maximum absolute atomic E-state index is 12.1. The van der Waals surface area contributed by atoms with Crippen molar-refractivity contribution < 1.29 is 4.79 Å². The lowest BCUT2D eigenvalue weighted by Crippen LogP contribution is -2.27. The normalized spacial score (nSPS) is 11.9. The lowest BCUT2D eigenvalue weighted by atomic mass is 10.1. The fraction of sp³-hybridized carbons (Fsp3) is 0.143. The molecule has 0 unspecified atom stereocenters. The zero-order valence-corrected chi connectivity index (χ0v) is 12.0. The van der Waals surface area contributed by atoms with Gasteiger partial charge in [0.05, 0.1) is 11.7 Å². The van der Waals surface area contributed by atoms with Crippen LogP contribution in [-0.2, 0) is 0 Å². The Morgan fingerprint density at radius 3 is 2.79 bits per heavy atom. The molecule has 2 rings (SSSR count). The molecule has 0 bridgehead atoms. The van der Waals surface area contributed by atoms with Crippen LogP contribution in [0.5, 0.6) is 0 Å². The molecule has 0 radical (unpaired) electrons. The number of hydrogen-bond acceptors (Lipinski definition) is 3. The highest BCUT2D eigenvalue weighted by molar-refractivity contribution is 9.10. The number of benzene rings is 1. The van der Waals surface area contributed by atoms with Crippen molar-refractivity contribution in [1.82, 2.24) is 10.3 Å². The van der Waals surface area contributed by atoms with E-state index in [4.69, 9.17) is 5.73 Å². The van der Waals surface area contributed by atoms with Crippen molar-refractivity contribution in [3.8, 4) is 0 Å². The molecule has 3 N–H and O–H groups in total. The molecule has 19 heavy (non-hydrogen) atoms. The van der Waals surface area contributed by atoms with Crippen molar-refractivity contribution in [1.29, 1.82) is 0 Å². The molecule has 1 amide bonds. The van der Waals surface area contributed by atoms with Gasteiger partial charge in [-0.2, -0.15) is 0 Å². The van der Waals surface area contributed by atoms with Crippen LogP contribution in [0.25, 0.3) is 0 Å². The smallest absolute Gasteiger partial charge is 0.251 e. The molecule has 4 nitrogen and oxygen atoms in total. The van der Waals surface area contributed by atoms with Crippen molar-refractivity contribution in [2.45, 2.75) is 13.0 Å². The Morgan fingerprint density at radius 1 is 1.37 bits per heavy atom. The summed E-state index contributed by atoms with van der Waals surface area (Å²) in [5.41, 5.74) is 7.68. The topological polar surface area (TPSA) is 68.0 Å². The number of anilines is 1. The minimum atomic E-state index is -0.154. The third-order valence-electron chi connectivity index (χ3n) is 2.74. The number of halogens is 1. The largest absolute Gasteiger partial charge is 0.398 e. The Labute approximate surface area is 120 Å². The molecular weight excluding hydrogens is 306 g/mol. The van der Waals surface area contributed by atoms with Gasteiger partial charge in [-0.3, -0.25) is 9.78 Å². The summed E-state index contributed by atoms with van der Waals surface area (Å²) in [5.74, 6) is -0.154. The van der Waals surface area contributed by atoms with E-state index in [0.29, 0.717) is 15.7 Å². The second-order valence-corrected chi connectivity index (χ2v) is 5.04. The van der Waals surface area contributed by atoms with Crippen LogP contribution < -0.4 is 11.1 Å². The molecule has 0 fully saturated rings. The Hall–Kier alpha value is -1.88. The number of nitrogens with two attached hydrogens (primary N) is 1. The molecule has 0 spiro atoms. The summed E-state index contributed by atoms with van der Waals surface area (Å²) in [6, 6.07) is 10.6. The molecular formula is C14H14BrN3O. The van der Waals surface area contributed by atoms with Crippen LogP contribution in [0.1, 0.15) is 29.0 Å². The first-order valence-electron chi connectivity index (χ1n) is 5.84. The quantitative estimate of drug-likeness (QED) is 0.855. The summed E-state index contributed by atoms with van der Waals surface area (Å²) in [5, 5.41) is 2.90. The Bertz CT molecular complexity index is 586. The van der Waals surface area contributed by atoms with Crippen LogP contribution in [0.4, 0.5) is 5.69 Å². The highest BCUT2D eigenvalue weighted by Crippen LogP contribution is 2.20. The molecule has 1 aromatic heterocycles. The van der Waals surface area contributed by atoms with Crippen LogP contribution >= 0.6 is 15.9 Å². The highest BCUT2D eigenvalue weighted by atomic mass is 79.9. The van der Waals surface area contributed by atoms with Crippen LogP contribution in [0.15, 0.2) is 47.1 Å². The van der Waals surface area contributed by atoms with Gasteiger partial charge >= 0.3 is 0 Å². The van der Waals surface area contributed by atoms with E-state index in [1.54, 1.807) is 24.4 Å². The molecule has 5 heteroatoms.